The molecule has 108 valence electrons. The van der Waals surface area contributed by atoms with Crippen LogP contribution in [0.3, 0.4) is 0 Å². The van der Waals surface area contributed by atoms with E-state index in [1.54, 1.807) is 6.20 Å². The van der Waals surface area contributed by atoms with Gasteiger partial charge in [0.25, 0.3) is 5.91 Å². The molecule has 0 fully saturated rings. The SMILES string of the molecule is Cc1cnc(NC(=O)c2cc(S(=O)(=O)N(C)C)c[nH]2)s1. The average molecular weight is 314 g/mol. The van der Waals surface area contributed by atoms with Gasteiger partial charge in [-0.15, -0.1) is 11.3 Å². The van der Waals surface area contributed by atoms with Crippen molar-refractivity contribution in [2.75, 3.05) is 19.4 Å². The van der Waals surface area contributed by atoms with Gasteiger partial charge < -0.3 is 4.98 Å². The Morgan fingerprint density at radius 3 is 2.70 bits per heavy atom. The molecule has 2 aromatic rings. The number of hydrogen-bond donors (Lipinski definition) is 2. The van der Waals surface area contributed by atoms with Crippen LogP contribution in [-0.2, 0) is 10.0 Å². The standard InChI is InChI=1S/C11H14N4O3S2/c1-7-5-13-11(19-7)14-10(16)9-4-8(6-12-9)20(17,18)15(2)3/h4-6,12H,1-3H3,(H,13,14,16). The number of nitrogens with zero attached hydrogens (tertiary/aromatic N) is 2. The van der Waals surface area contributed by atoms with Crippen LogP contribution >= 0.6 is 11.3 Å². The van der Waals surface area contributed by atoms with Crippen LogP contribution in [0.1, 0.15) is 15.4 Å². The normalized spacial score (nSPS) is 11.8. The molecule has 2 aromatic heterocycles. The second-order valence-corrected chi connectivity index (χ2v) is 7.65. The summed E-state index contributed by atoms with van der Waals surface area (Å²) in [6.45, 7) is 1.88. The van der Waals surface area contributed by atoms with Crippen molar-refractivity contribution in [3.05, 3.63) is 29.0 Å². The Hall–Kier alpha value is -1.71. The number of aromatic amines is 1. The van der Waals surface area contributed by atoms with E-state index < -0.39 is 15.9 Å². The fourth-order valence-corrected chi connectivity index (χ4v) is 3.00. The first-order valence-electron chi connectivity index (χ1n) is 5.65. The van der Waals surface area contributed by atoms with Gasteiger partial charge in [-0.1, -0.05) is 0 Å². The number of amides is 1. The van der Waals surface area contributed by atoms with Gasteiger partial charge in [0.15, 0.2) is 5.13 Å². The maximum atomic E-state index is 11.9. The van der Waals surface area contributed by atoms with E-state index in [1.807, 2.05) is 6.92 Å². The highest BCUT2D eigenvalue weighted by atomic mass is 32.2. The topological polar surface area (TPSA) is 95.2 Å². The summed E-state index contributed by atoms with van der Waals surface area (Å²) in [6.07, 6.45) is 2.94. The lowest BCUT2D eigenvalue weighted by Crippen LogP contribution is -2.21. The van der Waals surface area contributed by atoms with E-state index in [-0.39, 0.29) is 10.6 Å². The fraction of sp³-hybridized carbons (Fsp3) is 0.273. The number of hydrogen-bond acceptors (Lipinski definition) is 5. The lowest BCUT2D eigenvalue weighted by molar-refractivity contribution is 0.102. The number of H-pyrrole nitrogens is 1. The van der Waals surface area contributed by atoms with Crippen LogP contribution in [0.2, 0.25) is 0 Å². The predicted octanol–water partition coefficient (Wildman–Crippen LogP) is 1.28. The van der Waals surface area contributed by atoms with Crippen LogP contribution < -0.4 is 5.32 Å². The number of anilines is 1. The molecule has 9 heteroatoms. The molecule has 7 nitrogen and oxygen atoms in total. The van der Waals surface area contributed by atoms with Crippen LogP contribution in [0.5, 0.6) is 0 Å². The number of thiazole rings is 1. The fourth-order valence-electron chi connectivity index (χ4n) is 1.44. The van der Waals surface area contributed by atoms with Crippen molar-refractivity contribution in [3.8, 4) is 0 Å². The highest BCUT2D eigenvalue weighted by Crippen LogP contribution is 2.19. The van der Waals surface area contributed by atoms with Crippen molar-refractivity contribution < 1.29 is 13.2 Å². The van der Waals surface area contributed by atoms with Gasteiger partial charge in [-0.2, -0.15) is 0 Å². The van der Waals surface area contributed by atoms with Gasteiger partial charge in [-0.05, 0) is 13.0 Å². The Labute approximate surface area is 120 Å². The minimum absolute atomic E-state index is 0.0444. The number of rotatable bonds is 4. The molecule has 1 amide bonds. The molecule has 20 heavy (non-hydrogen) atoms. The highest BCUT2D eigenvalue weighted by Gasteiger charge is 2.21. The molecule has 0 spiro atoms. The van der Waals surface area contributed by atoms with Crippen molar-refractivity contribution in [3.63, 3.8) is 0 Å². The zero-order valence-corrected chi connectivity index (χ0v) is 12.8. The predicted molar refractivity (Wildman–Crippen MR) is 76.5 cm³/mol. The maximum Gasteiger partial charge on any atom is 0.273 e. The molecule has 0 aliphatic heterocycles. The molecule has 0 aliphatic carbocycles. The van der Waals surface area contributed by atoms with Gasteiger partial charge in [-0.25, -0.2) is 17.7 Å². The molecule has 0 saturated heterocycles. The van der Waals surface area contributed by atoms with Crippen LogP contribution in [-0.4, -0.2) is 42.7 Å². The lowest BCUT2D eigenvalue weighted by Gasteiger charge is -2.08. The lowest BCUT2D eigenvalue weighted by atomic mass is 10.4. The van der Waals surface area contributed by atoms with Gasteiger partial charge in [0.2, 0.25) is 10.0 Å². The summed E-state index contributed by atoms with van der Waals surface area (Å²) in [7, 11) is -0.687. The third-order valence-electron chi connectivity index (χ3n) is 2.52. The molecule has 0 saturated carbocycles. The Balaban J connectivity index is 2.19. The number of carbonyl (C=O) groups excluding carboxylic acids is 1. The average Bonchev–Trinajstić information content (AvgIpc) is 2.98. The van der Waals surface area contributed by atoms with Crippen molar-refractivity contribution in [1.82, 2.24) is 14.3 Å². The summed E-state index contributed by atoms with van der Waals surface area (Å²) in [5.41, 5.74) is 0.165. The maximum absolute atomic E-state index is 11.9. The van der Waals surface area contributed by atoms with Gasteiger partial charge in [0, 0.05) is 31.4 Å². The summed E-state index contributed by atoms with van der Waals surface area (Å²) in [5.74, 6) is -0.431. The quantitative estimate of drug-likeness (QED) is 0.888. The van der Waals surface area contributed by atoms with Gasteiger partial charge in [0.05, 0.1) is 0 Å². The number of sulfonamides is 1. The Morgan fingerprint density at radius 2 is 2.15 bits per heavy atom. The Morgan fingerprint density at radius 1 is 1.45 bits per heavy atom. The van der Waals surface area contributed by atoms with E-state index in [0.717, 1.165) is 9.18 Å². The van der Waals surface area contributed by atoms with E-state index in [4.69, 9.17) is 0 Å². The molecular weight excluding hydrogens is 300 g/mol. The zero-order valence-electron chi connectivity index (χ0n) is 11.2. The first-order valence-corrected chi connectivity index (χ1v) is 7.91. The van der Waals surface area contributed by atoms with Crippen molar-refractivity contribution >= 4 is 32.4 Å². The summed E-state index contributed by atoms with van der Waals surface area (Å²) < 4.78 is 24.9. The van der Waals surface area contributed by atoms with E-state index >= 15 is 0 Å². The second-order valence-electron chi connectivity index (χ2n) is 4.27. The van der Waals surface area contributed by atoms with Crippen molar-refractivity contribution in [2.24, 2.45) is 0 Å². The van der Waals surface area contributed by atoms with Crippen molar-refractivity contribution in [2.45, 2.75) is 11.8 Å². The second kappa shape index (κ2) is 5.35. The monoisotopic (exact) mass is 314 g/mol. The minimum atomic E-state index is -3.55. The van der Waals surface area contributed by atoms with Crippen LogP contribution in [0.25, 0.3) is 0 Å². The minimum Gasteiger partial charge on any atom is -0.356 e. The molecular formula is C11H14N4O3S2. The zero-order chi connectivity index (χ0) is 14.9. The highest BCUT2D eigenvalue weighted by molar-refractivity contribution is 7.89. The molecule has 2 rings (SSSR count). The Kier molecular flexibility index (Phi) is 3.93. The Bertz CT molecular complexity index is 730. The third kappa shape index (κ3) is 2.89. The van der Waals surface area contributed by atoms with Crippen molar-refractivity contribution in [1.29, 1.82) is 0 Å². The summed E-state index contributed by atoms with van der Waals surface area (Å²) in [6, 6.07) is 1.30. The van der Waals surface area contributed by atoms with E-state index in [9.17, 15) is 13.2 Å². The largest absolute Gasteiger partial charge is 0.356 e. The summed E-state index contributed by atoms with van der Waals surface area (Å²) in [4.78, 5) is 19.6. The molecule has 0 radical (unpaired) electrons. The molecule has 2 N–H and O–H groups in total. The third-order valence-corrected chi connectivity index (χ3v) is 5.14. The smallest absolute Gasteiger partial charge is 0.273 e. The molecule has 0 unspecified atom stereocenters. The number of aryl methyl sites for hydroxylation is 1. The summed E-state index contributed by atoms with van der Waals surface area (Å²) >= 11 is 1.34. The number of nitrogens with one attached hydrogen (secondary N) is 2. The first-order chi connectivity index (χ1) is 9.30. The van der Waals surface area contributed by atoms with Crippen LogP contribution in [0.4, 0.5) is 5.13 Å². The van der Waals surface area contributed by atoms with Gasteiger partial charge in [-0.3, -0.25) is 10.1 Å². The van der Waals surface area contributed by atoms with Crippen LogP contribution in [0, 0.1) is 6.92 Å². The number of aromatic nitrogens is 2. The molecule has 0 bridgehead atoms. The van der Waals surface area contributed by atoms with E-state index in [2.05, 4.69) is 15.3 Å². The molecule has 0 atom stereocenters. The van der Waals surface area contributed by atoms with Gasteiger partial charge in [0.1, 0.15) is 10.6 Å². The van der Waals surface area contributed by atoms with E-state index in [0.29, 0.717) is 5.13 Å². The van der Waals surface area contributed by atoms with Crippen LogP contribution in [0.15, 0.2) is 23.4 Å². The molecule has 2 heterocycles. The molecule has 0 aromatic carbocycles. The summed E-state index contributed by atoms with van der Waals surface area (Å²) in [5, 5.41) is 3.07. The van der Waals surface area contributed by atoms with Gasteiger partial charge >= 0.3 is 0 Å². The van der Waals surface area contributed by atoms with E-state index in [1.165, 1.54) is 37.7 Å². The molecule has 0 aliphatic rings. The number of carbonyl (C=O) groups is 1. The first kappa shape index (κ1) is 14.7.